The predicted octanol–water partition coefficient (Wildman–Crippen LogP) is 5.45. The Labute approximate surface area is 231 Å². The Balaban J connectivity index is 1.42. The molecule has 0 aliphatic heterocycles. The van der Waals surface area contributed by atoms with E-state index in [2.05, 4.69) is 10.3 Å². The third kappa shape index (κ3) is 5.12. The Morgan fingerprint density at radius 1 is 1.11 bits per heavy atom. The van der Waals surface area contributed by atoms with E-state index in [1.807, 2.05) is 29.0 Å². The van der Waals surface area contributed by atoms with Gasteiger partial charge in [-0.05, 0) is 54.4 Å². The number of thiophene rings is 2. The summed E-state index contributed by atoms with van der Waals surface area (Å²) in [6, 6.07) is 19.1. The van der Waals surface area contributed by atoms with E-state index >= 15 is 0 Å². The van der Waals surface area contributed by atoms with Gasteiger partial charge in [-0.25, -0.2) is 4.98 Å². The second-order valence-electron chi connectivity index (χ2n) is 8.11. The van der Waals surface area contributed by atoms with Crippen molar-refractivity contribution in [2.45, 2.75) is 23.1 Å². The molecule has 38 heavy (non-hydrogen) atoms. The summed E-state index contributed by atoms with van der Waals surface area (Å²) in [5.41, 5.74) is 2.73. The second kappa shape index (κ2) is 11.1. The third-order valence-corrected chi connectivity index (χ3v) is 10.3. The topological polar surface area (TPSA) is 109 Å². The maximum absolute atomic E-state index is 13.6. The molecule has 1 unspecified atom stereocenters. The molecule has 0 saturated heterocycles. The van der Waals surface area contributed by atoms with Crippen LogP contribution in [0.5, 0.6) is 0 Å². The molecule has 0 fully saturated rings. The Morgan fingerprint density at radius 3 is 2.61 bits per heavy atom. The zero-order chi connectivity index (χ0) is 26.7. The molecule has 1 atom stereocenters. The molecule has 0 aliphatic rings. The molecule has 5 aromatic rings. The lowest BCUT2D eigenvalue weighted by Crippen LogP contribution is -2.44. The van der Waals surface area contributed by atoms with Gasteiger partial charge in [0.25, 0.3) is 6.47 Å². The number of anilines is 1. The lowest BCUT2D eigenvalue weighted by Gasteiger charge is -2.14. The van der Waals surface area contributed by atoms with E-state index in [-0.39, 0.29) is 16.6 Å². The van der Waals surface area contributed by atoms with Gasteiger partial charge in [-0.1, -0.05) is 36.4 Å². The minimum atomic E-state index is -3.92. The third-order valence-electron chi connectivity index (χ3n) is 5.71. The number of amides is 1. The summed E-state index contributed by atoms with van der Waals surface area (Å²) >= 11 is 3.99. The molecule has 1 amide bonds. The molecule has 0 aliphatic carbocycles. The van der Waals surface area contributed by atoms with Crippen molar-refractivity contribution < 1.29 is 26.7 Å². The summed E-state index contributed by atoms with van der Waals surface area (Å²) in [7, 11) is -3.92. The van der Waals surface area contributed by atoms with Crippen molar-refractivity contribution in [2.24, 2.45) is 0 Å². The van der Waals surface area contributed by atoms with Gasteiger partial charge < -0.3 is 10.1 Å². The van der Waals surface area contributed by atoms with E-state index in [9.17, 15) is 18.0 Å². The van der Waals surface area contributed by atoms with Gasteiger partial charge >= 0.3 is 15.2 Å². The van der Waals surface area contributed by atoms with Crippen molar-refractivity contribution in [2.75, 3.05) is 11.1 Å². The first-order chi connectivity index (χ1) is 18.4. The van der Waals surface area contributed by atoms with Crippen LogP contribution < -0.4 is 9.29 Å². The van der Waals surface area contributed by atoms with Crippen LogP contribution in [0, 0.1) is 0 Å². The van der Waals surface area contributed by atoms with Crippen LogP contribution in [0.3, 0.4) is 0 Å². The maximum atomic E-state index is 13.6. The quantitative estimate of drug-likeness (QED) is 0.128. The van der Waals surface area contributed by atoms with Crippen LogP contribution in [-0.4, -0.2) is 31.5 Å². The highest BCUT2D eigenvalue weighted by Crippen LogP contribution is 2.42. The zero-order valence-electron chi connectivity index (χ0n) is 20.0. The molecule has 194 valence electrons. The number of H-pyrrole nitrogens is 1. The average molecular weight is 585 g/mol. The van der Waals surface area contributed by atoms with Gasteiger partial charge in [0.05, 0.1) is 5.75 Å². The number of hydrogen-bond acceptors (Lipinski definition) is 8. The molecule has 0 saturated carbocycles. The molecule has 2 aromatic carbocycles. The van der Waals surface area contributed by atoms with E-state index in [1.54, 1.807) is 54.7 Å². The summed E-state index contributed by atoms with van der Waals surface area (Å²) in [4.78, 5) is 28.4. The Morgan fingerprint density at radius 2 is 1.87 bits per heavy atom. The van der Waals surface area contributed by atoms with E-state index in [1.165, 1.54) is 27.4 Å². The molecule has 2 N–H and O–H groups in total. The zero-order valence-corrected chi connectivity index (χ0v) is 23.3. The summed E-state index contributed by atoms with van der Waals surface area (Å²) in [5.74, 6) is -0.373. The first kappa shape index (κ1) is 26.2. The van der Waals surface area contributed by atoms with E-state index in [0.717, 1.165) is 27.8 Å². The summed E-state index contributed by atoms with van der Waals surface area (Å²) in [6.45, 7) is 2.14. The number of fused-ring (bicyclic) bond motifs is 1. The molecule has 8 nitrogen and oxygen atoms in total. The van der Waals surface area contributed by atoms with Gasteiger partial charge in [-0.15, -0.1) is 26.6 Å². The fourth-order valence-electron chi connectivity index (χ4n) is 4.00. The number of carbonyl (C=O) groups excluding carboxylic acids is 2. The van der Waals surface area contributed by atoms with Gasteiger partial charge in [0.1, 0.15) is 16.0 Å². The molecule has 0 spiro atoms. The second-order valence-corrected chi connectivity index (χ2v) is 12.7. The van der Waals surface area contributed by atoms with Crippen molar-refractivity contribution in [3.05, 3.63) is 83.1 Å². The van der Waals surface area contributed by atoms with Crippen LogP contribution in [0.25, 0.3) is 21.5 Å². The van der Waals surface area contributed by atoms with Crippen molar-refractivity contribution in [3.8, 4) is 10.4 Å². The van der Waals surface area contributed by atoms with Crippen LogP contribution >= 0.6 is 34.4 Å². The molecular formula is C26H22N3O5S4+. The highest BCUT2D eigenvalue weighted by molar-refractivity contribution is 8.00. The number of rotatable bonds is 10. The highest BCUT2D eigenvalue weighted by Gasteiger charge is 2.32. The maximum Gasteiger partial charge on any atom is 0.336 e. The number of aromatic amines is 1. The number of nitrogens with zero attached hydrogens (tertiary/aromatic N) is 1. The summed E-state index contributed by atoms with van der Waals surface area (Å²) in [5, 5.41) is 7.69. The smallest absolute Gasteiger partial charge is 0.336 e. The normalized spacial score (nSPS) is 12.3. The Bertz CT molecular complexity index is 1690. The fraction of sp³-hybridized carbons (Fsp3) is 0.115. The number of para-hydroxylation sites is 2. The minimum absolute atomic E-state index is 0.0499. The molecule has 3 heterocycles. The van der Waals surface area contributed by atoms with E-state index in [0.29, 0.717) is 27.7 Å². The first-order valence-electron chi connectivity index (χ1n) is 11.4. The number of nitrogens with one attached hydrogen (secondary N) is 2. The van der Waals surface area contributed by atoms with Crippen molar-refractivity contribution in [3.63, 3.8) is 0 Å². The van der Waals surface area contributed by atoms with Crippen LogP contribution in [0.15, 0.2) is 87.5 Å². The van der Waals surface area contributed by atoms with Gasteiger partial charge in [0.2, 0.25) is 5.91 Å². The number of aromatic nitrogens is 2. The van der Waals surface area contributed by atoms with Gasteiger partial charge in [-0.2, -0.15) is 8.42 Å². The number of imidazole rings is 1. The summed E-state index contributed by atoms with van der Waals surface area (Å²) < 4.78 is 33.5. The number of thioether (sulfide) groups is 1. The predicted molar refractivity (Wildman–Crippen MR) is 150 cm³/mol. The molecule has 5 rings (SSSR count). The average Bonchev–Trinajstić information content (AvgIpc) is 3.66. The van der Waals surface area contributed by atoms with Gasteiger partial charge in [-0.3, -0.25) is 9.59 Å². The van der Waals surface area contributed by atoms with E-state index in [4.69, 9.17) is 4.74 Å². The molecular weight excluding hydrogens is 563 g/mol. The molecule has 0 radical (unpaired) electrons. The first-order valence-corrected chi connectivity index (χ1v) is 15.6. The van der Waals surface area contributed by atoms with Crippen LogP contribution in [0.2, 0.25) is 0 Å². The van der Waals surface area contributed by atoms with Gasteiger partial charge in [0.15, 0.2) is 11.0 Å². The highest BCUT2D eigenvalue weighted by atomic mass is 32.2. The van der Waals surface area contributed by atoms with Crippen LogP contribution in [0.1, 0.15) is 18.6 Å². The molecule has 12 heteroatoms. The molecule has 0 bridgehead atoms. The van der Waals surface area contributed by atoms with Crippen molar-refractivity contribution in [1.29, 1.82) is 0 Å². The van der Waals surface area contributed by atoms with Crippen molar-refractivity contribution in [1.82, 2.24) is 4.98 Å². The minimum Gasteiger partial charge on any atom is -0.460 e. The Hall–Kier alpha value is -3.45. The Kier molecular flexibility index (Phi) is 7.65. The van der Waals surface area contributed by atoms with Gasteiger partial charge in [0, 0.05) is 21.4 Å². The number of carbonyl (C=O) groups is 2. The van der Waals surface area contributed by atoms with Crippen molar-refractivity contribution >= 4 is 72.9 Å². The summed E-state index contributed by atoms with van der Waals surface area (Å²) in [6.07, 6.45) is -0.564. The lowest BCUT2D eigenvalue weighted by molar-refractivity contribution is -0.526. The lowest BCUT2D eigenvalue weighted by atomic mass is 10.1. The van der Waals surface area contributed by atoms with Crippen LogP contribution in [-0.2, 0) is 24.3 Å². The number of benzene rings is 2. The fourth-order valence-corrected chi connectivity index (χ4v) is 8.48. The monoisotopic (exact) mass is 584 g/mol. The standard InChI is InChI=1S/C26H21N3O5S4/c1-17(34-16-30)24-19(22-12-7-13-35-22)14-36-25(24)28-23(31)15-37-26-27-20-10-5-6-11-21(20)29(26)38(32,33)18-8-3-2-4-9-18/h2-14,16-17H,15H2,1H3,(H,28,31)/p+1. The van der Waals surface area contributed by atoms with E-state index < -0.39 is 16.1 Å². The number of ether oxygens (including phenoxy) is 1. The SMILES string of the molecule is CC(OC=O)c1c(-c2cccs2)csc1NC(=O)CSc1[nH]c2ccccc2[n+]1S(=O)(=O)c1ccccc1. The molecule has 3 aromatic heterocycles. The largest absolute Gasteiger partial charge is 0.460 e. The van der Waals surface area contributed by atoms with Crippen LogP contribution in [0.4, 0.5) is 5.00 Å². The number of hydrogen-bond donors (Lipinski definition) is 2.